The Morgan fingerprint density at radius 3 is 2.79 bits per heavy atom. The average Bonchev–Trinajstić information content (AvgIpc) is 3.12. The number of H-pyrrole nitrogens is 1. The van der Waals surface area contributed by atoms with Crippen molar-refractivity contribution in [3.05, 3.63) is 54.1 Å². The Morgan fingerprint density at radius 2 is 2.07 bits per heavy atom. The number of pyridine rings is 1. The van der Waals surface area contributed by atoms with Gasteiger partial charge in [-0.05, 0) is 54.8 Å². The summed E-state index contributed by atoms with van der Waals surface area (Å²) in [7, 11) is -1.04. The molecule has 0 bridgehead atoms. The average molecular weight is 401 g/mol. The maximum atomic E-state index is 13.9. The van der Waals surface area contributed by atoms with Crippen LogP contribution in [0.5, 0.6) is 5.75 Å². The van der Waals surface area contributed by atoms with E-state index in [4.69, 9.17) is 4.74 Å². The highest BCUT2D eigenvalue weighted by Gasteiger charge is 2.22. The summed E-state index contributed by atoms with van der Waals surface area (Å²) in [5.74, 6) is 0.240. The zero-order chi connectivity index (χ0) is 19.8. The predicted octanol–water partition coefficient (Wildman–Crippen LogP) is 3.38. The van der Waals surface area contributed by atoms with Crippen molar-refractivity contribution >= 4 is 27.5 Å². The van der Waals surface area contributed by atoms with E-state index < -0.39 is 10.9 Å². The molecule has 1 aromatic carbocycles. The van der Waals surface area contributed by atoms with Gasteiger partial charge in [-0.2, -0.15) is 4.31 Å². The minimum absolute atomic E-state index is 0.202. The monoisotopic (exact) mass is 401 g/mol. The van der Waals surface area contributed by atoms with Gasteiger partial charge in [0.15, 0.2) is 0 Å². The second-order valence-electron chi connectivity index (χ2n) is 6.73. The molecular formula is C20H20FN3O3S. The number of methoxy groups -OCH3 is 1. The van der Waals surface area contributed by atoms with Crippen molar-refractivity contribution < 1.29 is 17.5 Å². The number of nitrogens with one attached hydrogen (secondary N) is 1. The number of aromatic nitrogens is 2. The number of hydrogen-bond acceptors (Lipinski definition) is 4. The van der Waals surface area contributed by atoms with Crippen molar-refractivity contribution in [1.29, 1.82) is 0 Å². The molecule has 3 heterocycles. The lowest BCUT2D eigenvalue weighted by atomic mass is 10.00. The molecule has 0 spiro atoms. The maximum Gasteiger partial charge on any atom is 0.204 e. The van der Waals surface area contributed by atoms with Gasteiger partial charge in [-0.25, -0.2) is 17.8 Å². The van der Waals surface area contributed by atoms with Crippen molar-refractivity contribution in [2.45, 2.75) is 19.4 Å². The standard InChI is InChI=1S/C20H20FN3O3S/c1-12-9-13(6-8-24(12)28(25)26)18-11-17-15(5-7-22-20(17)23-18)16-10-14(21)3-4-19(16)27-2/h3-5,7,9-12,28H,6,8H2,1-2H3,(H,22,23)/t12-/m0/s1. The zero-order valence-corrected chi connectivity index (χ0v) is 16.4. The van der Waals surface area contributed by atoms with Crippen LogP contribution in [0, 0.1) is 5.82 Å². The van der Waals surface area contributed by atoms with E-state index in [1.54, 1.807) is 19.4 Å². The number of halogens is 1. The normalized spacial score (nSPS) is 17.9. The van der Waals surface area contributed by atoms with Crippen LogP contribution in [-0.2, 0) is 10.9 Å². The number of hydrogen-bond donors (Lipinski definition) is 2. The molecule has 0 aliphatic carbocycles. The number of nitrogens with zero attached hydrogens (tertiary/aromatic N) is 2. The molecule has 0 radical (unpaired) electrons. The van der Waals surface area contributed by atoms with E-state index in [1.807, 2.05) is 25.1 Å². The van der Waals surface area contributed by atoms with Crippen molar-refractivity contribution in [2.75, 3.05) is 13.7 Å². The molecule has 28 heavy (non-hydrogen) atoms. The van der Waals surface area contributed by atoms with E-state index in [1.165, 1.54) is 16.4 Å². The van der Waals surface area contributed by atoms with Gasteiger partial charge in [0.05, 0.1) is 7.11 Å². The Kier molecular flexibility index (Phi) is 4.91. The Morgan fingerprint density at radius 1 is 1.25 bits per heavy atom. The van der Waals surface area contributed by atoms with Crippen LogP contribution in [0.4, 0.5) is 4.39 Å². The molecule has 3 aromatic rings. The molecule has 2 aromatic heterocycles. The molecule has 0 fully saturated rings. The molecule has 4 rings (SSSR count). The van der Waals surface area contributed by atoms with Gasteiger partial charge in [0.25, 0.3) is 0 Å². The maximum absolute atomic E-state index is 13.9. The van der Waals surface area contributed by atoms with Gasteiger partial charge in [-0.3, -0.25) is 0 Å². The lowest BCUT2D eigenvalue weighted by Gasteiger charge is -2.26. The third-order valence-corrected chi connectivity index (χ3v) is 6.05. The van der Waals surface area contributed by atoms with Crippen molar-refractivity contribution in [3.63, 3.8) is 0 Å². The fourth-order valence-electron chi connectivity index (χ4n) is 3.68. The van der Waals surface area contributed by atoms with E-state index in [0.29, 0.717) is 29.9 Å². The number of benzene rings is 1. The summed E-state index contributed by atoms with van der Waals surface area (Å²) >= 11 is 0. The van der Waals surface area contributed by atoms with Crippen molar-refractivity contribution in [1.82, 2.24) is 14.3 Å². The van der Waals surface area contributed by atoms with Gasteiger partial charge in [0.1, 0.15) is 17.2 Å². The number of thiol groups is 1. The summed E-state index contributed by atoms with van der Waals surface area (Å²) in [4.78, 5) is 7.71. The Balaban J connectivity index is 1.81. The van der Waals surface area contributed by atoms with Crippen LogP contribution in [0.25, 0.3) is 27.7 Å². The first-order chi connectivity index (χ1) is 13.5. The first-order valence-corrected chi connectivity index (χ1v) is 10.0. The minimum Gasteiger partial charge on any atom is -0.496 e. The SMILES string of the molecule is COc1ccc(F)cc1-c1ccnc2[nH]c(C3=C[C@H](C)N([SH](=O)=O)CC3)cc12. The van der Waals surface area contributed by atoms with Crippen molar-refractivity contribution in [3.8, 4) is 16.9 Å². The summed E-state index contributed by atoms with van der Waals surface area (Å²) in [6.07, 6.45) is 4.23. The summed E-state index contributed by atoms with van der Waals surface area (Å²) in [6.45, 7) is 2.30. The van der Waals surface area contributed by atoms with Crippen LogP contribution in [0.15, 0.2) is 42.6 Å². The van der Waals surface area contributed by atoms with E-state index in [0.717, 1.165) is 22.2 Å². The zero-order valence-electron chi connectivity index (χ0n) is 15.5. The van der Waals surface area contributed by atoms with Gasteiger partial charge >= 0.3 is 0 Å². The Hall–Kier alpha value is -2.71. The lowest BCUT2D eigenvalue weighted by molar-refractivity contribution is 0.387. The molecule has 0 unspecified atom stereocenters. The topological polar surface area (TPSA) is 75.3 Å². The number of aromatic amines is 1. The molecule has 8 heteroatoms. The molecule has 1 atom stereocenters. The third-order valence-electron chi connectivity index (χ3n) is 5.06. The van der Waals surface area contributed by atoms with Gasteiger partial charge in [0, 0.05) is 35.4 Å². The molecular weight excluding hydrogens is 381 g/mol. The second-order valence-corrected chi connectivity index (χ2v) is 7.72. The van der Waals surface area contributed by atoms with E-state index in [9.17, 15) is 12.8 Å². The molecule has 1 N–H and O–H groups in total. The fraction of sp³-hybridized carbons (Fsp3) is 0.250. The number of fused-ring (bicyclic) bond motifs is 1. The second kappa shape index (κ2) is 7.37. The highest BCUT2D eigenvalue weighted by Crippen LogP contribution is 2.36. The quantitative estimate of drug-likeness (QED) is 0.657. The highest BCUT2D eigenvalue weighted by molar-refractivity contribution is 7.69. The molecule has 1 aliphatic rings. The van der Waals surface area contributed by atoms with E-state index in [2.05, 4.69) is 9.97 Å². The van der Waals surface area contributed by atoms with Gasteiger partial charge in [-0.15, -0.1) is 0 Å². The van der Waals surface area contributed by atoms with Crippen LogP contribution in [0.1, 0.15) is 19.0 Å². The molecule has 146 valence electrons. The third kappa shape index (κ3) is 3.29. The largest absolute Gasteiger partial charge is 0.496 e. The predicted molar refractivity (Wildman–Crippen MR) is 107 cm³/mol. The first kappa shape index (κ1) is 18.6. The van der Waals surface area contributed by atoms with E-state index in [-0.39, 0.29) is 11.9 Å². The molecule has 0 saturated heterocycles. The van der Waals surface area contributed by atoms with E-state index >= 15 is 0 Å². The van der Waals surface area contributed by atoms with Crippen LogP contribution >= 0.6 is 0 Å². The summed E-state index contributed by atoms with van der Waals surface area (Å²) in [6, 6.07) is 8.03. The Labute approximate surface area is 163 Å². The summed E-state index contributed by atoms with van der Waals surface area (Å²) < 4.78 is 43.3. The smallest absolute Gasteiger partial charge is 0.204 e. The van der Waals surface area contributed by atoms with Gasteiger partial charge < -0.3 is 9.72 Å². The molecule has 1 aliphatic heterocycles. The summed E-state index contributed by atoms with van der Waals surface area (Å²) in [5.41, 5.74) is 4.08. The molecule has 0 amide bonds. The van der Waals surface area contributed by atoms with Gasteiger partial charge in [-0.1, -0.05) is 6.08 Å². The minimum atomic E-state index is -2.59. The highest BCUT2D eigenvalue weighted by atomic mass is 32.2. The summed E-state index contributed by atoms with van der Waals surface area (Å²) in [5, 5.41) is 0.854. The first-order valence-electron chi connectivity index (χ1n) is 8.91. The fourth-order valence-corrected chi connectivity index (χ4v) is 4.31. The molecule has 6 nitrogen and oxygen atoms in total. The molecule has 0 saturated carbocycles. The van der Waals surface area contributed by atoms with Crippen LogP contribution in [0.2, 0.25) is 0 Å². The number of rotatable bonds is 4. The van der Waals surface area contributed by atoms with Gasteiger partial charge in [0.2, 0.25) is 10.9 Å². The van der Waals surface area contributed by atoms with Crippen LogP contribution < -0.4 is 4.74 Å². The number of ether oxygens (including phenoxy) is 1. The van der Waals surface area contributed by atoms with Crippen LogP contribution in [0.3, 0.4) is 0 Å². The lowest BCUT2D eigenvalue weighted by Crippen LogP contribution is -2.34. The van der Waals surface area contributed by atoms with Crippen LogP contribution in [-0.4, -0.2) is 42.4 Å². The Bertz CT molecular complexity index is 1140. The van der Waals surface area contributed by atoms with Crippen molar-refractivity contribution in [2.24, 2.45) is 0 Å².